The summed E-state index contributed by atoms with van der Waals surface area (Å²) in [6.07, 6.45) is 2.24. The molecule has 0 saturated carbocycles. The largest absolute Gasteiger partial charge is 0.493 e. The van der Waals surface area contributed by atoms with E-state index >= 15 is 0 Å². The Morgan fingerprint density at radius 3 is 2.43 bits per heavy atom. The van der Waals surface area contributed by atoms with Crippen LogP contribution >= 0.6 is 0 Å². The normalized spacial score (nSPS) is 10.2. The zero-order valence-corrected chi connectivity index (χ0v) is 12.8. The van der Waals surface area contributed by atoms with Crippen LogP contribution in [-0.2, 0) is 6.42 Å². The minimum Gasteiger partial charge on any atom is -0.493 e. The van der Waals surface area contributed by atoms with Gasteiger partial charge >= 0.3 is 0 Å². The summed E-state index contributed by atoms with van der Waals surface area (Å²) in [6.45, 7) is 3.56. The van der Waals surface area contributed by atoms with Gasteiger partial charge in [0.2, 0.25) is 0 Å². The number of anilines is 1. The van der Waals surface area contributed by atoms with Crippen molar-refractivity contribution < 1.29 is 9.47 Å². The molecular formula is C18H23NO2. The number of benzene rings is 2. The van der Waals surface area contributed by atoms with E-state index in [9.17, 15) is 0 Å². The Morgan fingerprint density at radius 2 is 1.67 bits per heavy atom. The first-order valence-electron chi connectivity index (χ1n) is 7.42. The molecule has 2 rings (SSSR count). The Bertz CT molecular complexity index is 554. The highest BCUT2D eigenvalue weighted by atomic mass is 16.5. The molecule has 3 nitrogen and oxygen atoms in total. The van der Waals surface area contributed by atoms with Gasteiger partial charge in [0.15, 0.2) is 11.5 Å². The van der Waals surface area contributed by atoms with Gasteiger partial charge in [0.05, 0.1) is 7.11 Å². The third-order valence-corrected chi connectivity index (χ3v) is 3.28. The Balaban J connectivity index is 1.85. The van der Waals surface area contributed by atoms with Crippen molar-refractivity contribution in [1.29, 1.82) is 0 Å². The summed E-state index contributed by atoms with van der Waals surface area (Å²) in [7, 11) is 1.65. The maximum absolute atomic E-state index is 5.76. The van der Waals surface area contributed by atoms with E-state index in [-0.39, 0.29) is 0 Å². The van der Waals surface area contributed by atoms with Gasteiger partial charge in [0, 0.05) is 12.2 Å². The van der Waals surface area contributed by atoms with Crippen LogP contribution in [0.2, 0.25) is 0 Å². The fraction of sp³-hybridized carbons (Fsp3) is 0.333. The molecule has 0 atom stereocenters. The number of hydrogen-bond donors (Lipinski definition) is 1. The summed E-state index contributed by atoms with van der Waals surface area (Å²) in [5.41, 5.74) is 2.56. The molecule has 0 aliphatic carbocycles. The van der Waals surface area contributed by atoms with Crippen molar-refractivity contribution in [3.05, 3.63) is 54.1 Å². The van der Waals surface area contributed by atoms with Crippen molar-refractivity contribution in [2.45, 2.75) is 19.8 Å². The Hall–Kier alpha value is -2.16. The molecule has 2 aromatic carbocycles. The lowest BCUT2D eigenvalue weighted by molar-refractivity contribution is 0.306. The van der Waals surface area contributed by atoms with Crippen LogP contribution in [0.25, 0.3) is 0 Å². The number of ether oxygens (including phenoxy) is 2. The van der Waals surface area contributed by atoms with Gasteiger partial charge in [-0.3, -0.25) is 0 Å². The Labute approximate surface area is 126 Å². The summed E-state index contributed by atoms with van der Waals surface area (Å²) in [4.78, 5) is 0. The monoisotopic (exact) mass is 285 g/mol. The Morgan fingerprint density at radius 1 is 0.952 bits per heavy atom. The van der Waals surface area contributed by atoms with Gasteiger partial charge in [-0.05, 0) is 30.2 Å². The molecule has 0 spiro atoms. The molecule has 0 aliphatic heterocycles. The zero-order chi connectivity index (χ0) is 14.9. The maximum Gasteiger partial charge on any atom is 0.161 e. The summed E-state index contributed by atoms with van der Waals surface area (Å²) < 4.78 is 11.0. The topological polar surface area (TPSA) is 30.5 Å². The fourth-order valence-electron chi connectivity index (χ4n) is 2.26. The molecule has 0 fully saturated rings. The smallest absolute Gasteiger partial charge is 0.161 e. The molecule has 21 heavy (non-hydrogen) atoms. The van der Waals surface area contributed by atoms with Crippen molar-refractivity contribution in [3.63, 3.8) is 0 Å². The van der Waals surface area contributed by atoms with Crippen molar-refractivity contribution >= 4 is 5.69 Å². The van der Waals surface area contributed by atoms with E-state index in [0.717, 1.165) is 30.9 Å². The molecule has 0 bridgehead atoms. The molecule has 2 aromatic rings. The van der Waals surface area contributed by atoms with Crippen LogP contribution in [-0.4, -0.2) is 20.3 Å². The van der Waals surface area contributed by atoms with Crippen molar-refractivity contribution in [2.24, 2.45) is 0 Å². The number of para-hydroxylation sites is 3. The van der Waals surface area contributed by atoms with Crippen molar-refractivity contribution in [2.75, 3.05) is 25.6 Å². The first kappa shape index (κ1) is 15.2. The van der Waals surface area contributed by atoms with Crippen LogP contribution in [0.15, 0.2) is 48.5 Å². The fourth-order valence-corrected chi connectivity index (χ4v) is 2.26. The molecule has 0 amide bonds. The first-order chi connectivity index (χ1) is 10.3. The molecule has 3 heteroatoms. The minimum absolute atomic E-state index is 0.598. The van der Waals surface area contributed by atoms with Gasteiger partial charge < -0.3 is 14.8 Å². The van der Waals surface area contributed by atoms with Gasteiger partial charge in [0.25, 0.3) is 0 Å². The van der Waals surface area contributed by atoms with Crippen molar-refractivity contribution in [1.82, 2.24) is 0 Å². The number of methoxy groups -OCH3 is 1. The first-order valence-corrected chi connectivity index (χ1v) is 7.42. The Kier molecular flexibility index (Phi) is 5.95. The summed E-state index contributed by atoms with van der Waals surface area (Å²) >= 11 is 0. The second-order valence-corrected chi connectivity index (χ2v) is 4.83. The number of nitrogens with one attached hydrogen (secondary N) is 1. The third kappa shape index (κ3) is 4.42. The average Bonchev–Trinajstić information content (AvgIpc) is 2.53. The van der Waals surface area contributed by atoms with E-state index < -0.39 is 0 Å². The lowest BCUT2D eigenvalue weighted by Crippen LogP contribution is -2.13. The molecular weight excluding hydrogens is 262 g/mol. The van der Waals surface area contributed by atoms with Crippen LogP contribution in [0.1, 0.15) is 18.9 Å². The van der Waals surface area contributed by atoms with Crippen LogP contribution in [0.5, 0.6) is 11.5 Å². The highest BCUT2D eigenvalue weighted by molar-refractivity contribution is 5.51. The third-order valence-electron chi connectivity index (χ3n) is 3.28. The molecule has 0 saturated heterocycles. The number of aryl methyl sites for hydroxylation is 1. The van der Waals surface area contributed by atoms with Gasteiger partial charge in [-0.15, -0.1) is 0 Å². The van der Waals surface area contributed by atoms with E-state index in [1.54, 1.807) is 7.11 Å². The highest BCUT2D eigenvalue weighted by Crippen LogP contribution is 2.25. The molecule has 1 N–H and O–H groups in total. The maximum atomic E-state index is 5.76. The summed E-state index contributed by atoms with van der Waals surface area (Å²) in [5.74, 6) is 1.55. The molecule has 0 aliphatic rings. The highest BCUT2D eigenvalue weighted by Gasteiger charge is 2.03. The van der Waals surface area contributed by atoms with Crippen LogP contribution < -0.4 is 14.8 Å². The second-order valence-electron chi connectivity index (χ2n) is 4.83. The molecule has 112 valence electrons. The van der Waals surface area contributed by atoms with Gasteiger partial charge in [-0.25, -0.2) is 0 Å². The van der Waals surface area contributed by atoms with Gasteiger partial charge in [-0.1, -0.05) is 43.7 Å². The number of hydrogen-bond acceptors (Lipinski definition) is 3. The van der Waals surface area contributed by atoms with Crippen LogP contribution in [0.3, 0.4) is 0 Å². The van der Waals surface area contributed by atoms with Crippen LogP contribution in [0, 0.1) is 0 Å². The second kappa shape index (κ2) is 8.20. The van der Waals surface area contributed by atoms with E-state index in [2.05, 4.69) is 36.5 Å². The molecule has 0 heterocycles. The summed E-state index contributed by atoms with van der Waals surface area (Å²) in [5, 5.41) is 3.44. The van der Waals surface area contributed by atoms with Crippen molar-refractivity contribution in [3.8, 4) is 11.5 Å². The lowest BCUT2D eigenvalue weighted by atomic mass is 10.1. The van der Waals surface area contributed by atoms with E-state index in [1.807, 2.05) is 24.3 Å². The zero-order valence-electron chi connectivity index (χ0n) is 12.8. The van der Waals surface area contributed by atoms with E-state index in [1.165, 1.54) is 11.3 Å². The summed E-state index contributed by atoms with van der Waals surface area (Å²) in [6, 6.07) is 16.1. The quantitative estimate of drug-likeness (QED) is 0.739. The average molecular weight is 285 g/mol. The van der Waals surface area contributed by atoms with E-state index in [0.29, 0.717) is 6.61 Å². The predicted molar refractivity (Wildman–Crippen MR) is 87.4 cm³/mol. The predicted octanol–water partition coefficient (Wildman–Crippen LogP) is 4.14. The van der Waals surface area contributed by atoms with Gasteiger partial charge in [0.1, 0.15) is 6.61 Å². The molecule has 0 unspecified atom stereocenters. The SMILES string of the molecule is CCCc1ccccc1NCCOc1ccccc1OC. The lowest BCUT2D eigenvalue weighted by Gasteiger charge is -2.13. The molecule has 0 radical (unpaired) electrons. The van der Waals surface area contributed by atoms with E-state index in [4.69, 9.17) is 9.47 Å². The van der Waals surface area contributed by atoms with Crippen LogP contribution in [0.4, 0.5) is 5.69 Å². The standard InChI is InChI=1S/C18H23NO2/c1-3-8-15-9-4-5-10-16(15)19-13-14-21-18-12-7-6-11-17(18)20-2/h4-7,9-12,19H,3,8,13-14H2,1-2H3. The molecule has 0 aromatic heterocycles. The minimum atomic E-state index is 0.598. The number of rotatable bonds is 8. The van der Waals surface area contributed by atoms with Gasteiger partial charge in [-0.2, -0.15) is 0 Å².